The van der Waals surface area contributed by atoms with E-state index in [0.29, 0.717) is 25.3 Å². The van der Waals surface area contributed by atoms with Crippen LogP contribution in [-0.4, -0.2) is 44.6 Å². The van der Waals surface area contributed by atoms with Gasteiger partial charge >= 0.3 is 6.18 Å². The summed E-state index contributed by atoms with van der Waals surface area (Å²) in [4.78, 5) is 24.7. The number of nitrogens with two attached hydrogens (primary N) is 1. The van der Waals surface area contributed by atoms with E-state index in [1.165, 1.54) is 18.2 Å². The second-order valence-corrected chi connectivity index (χ2v) is 10.4. The van der Waals surface area contributed by atoms with E-state index in [9.17, 15) is 31.2 Å². The average Bonchev–Trinajstić information content (AvgIpc) is 2.79. The topological polar surface area (TPSA) is 118 Å². The van der Waals surface area contributed by atoms with Crippen molar-refractivity contribution < 1.29 is 31.2 Å². The first-order valence-electron chi connectivity index (χ1n) is 10.7. The number of amides is 2. The van der Waals surface area contributed by atoms with Gasteiger partial charge < -0.3 is 16.4 Å². The summed E-state index contributed by atoms with van der Waals surface area (Å²) >= 11 is 0. The Bertz CT molecular complexity index is 1120. The number of benzene rings is 2. The van der Waals surface area contributed by atoms with Crippen LogP contribution in [0.3, 0.4) is 0 Å². The molecule has 184 valence electrons. The Morgan fingerprint density at radius 1 is 1.03 bits per heavy atom. The highest BCUT2D eigenvalue weighted by Crippen LogP contribution is 2.29. The lowest BCUT2D eigenvalue weighted by atomic mass is 9.83. The molecule has 1 fully saturated rings. The maximum absolute atomic E-state index is 12.8. The zero-order chi connectivity index (χ0) is 24.9. The van der Waals surface area contributed by atoms with E-state index in [1.54, 1.807) is 18.2 Å². The number of alkyl halides is 3. The van der Waals surface area contributed by atoms with E-state index in [0.717, 1.165) is 12.1 Å². The summed E-state index contributed by atoms with van der Waals surface area (Å²) in [6.45, 7) is -0.426. The van der Waals surface area contributed by atoms with E-state index < -0.39 is 39.9 Å². The second-order valence-electron chi connectivity index (χ2n) is 8.36. The second kappa shape index (κ2) is 10.6. The molecule has 0 heterocycles. The highest BCUT2D eigenvalue weighted by Gasteiger charge is 2.33. The predicted octanol–water partition coefficient (Wildman–Crippen LogP) is 2.52. The van der Waals surface area contributed by atoms with Crippen molar-refractivity contribution in [1.29, 1.82) is 0 Å². The Balaban J connectivity index is 1.53. The number of carbonyl (C=O) groups excluding carboxylic acids is 2. The van der Waals surface area contributed by atoms with Crippen molar-refractivity contribution in [2.24, 2.45) is 11.7 Å². The zero-order valence-corrected chi connectivity index (χ0v) is 19.0. The van der Waals surface area contributed by atoms with Crippen LogP contribution in [0.5, 0.6) is 0 Å². The van der Waals surface area contributed by atoms with Crippen LogP contribution >= 0.6 is 0 Å². The molecule has 1 aliphatic carbocycles. The lowest BCUT2D eigenvalue weighted by molar-refractivity contribution is -0.137. The molecule has 4 N–H and O–H groups in total. The van der Waals surface area contributed by atoms with Gasteiger partial charge in [-0.15, -0.1) is 0 Å². The fourth-order valence-corrected chi connectivity index (χ4v) is 5.71. The van der Waals surface area contributed by atoms with Crippen LogP contribution in [-0.2, 0) is 20.8 Å². The minimum atomic E-state index is -4.58. The van der Waals surface area contributed by atoms with E-state index in [1.807, 2.05) is 0 Å². The molecule has 0 spiro atoms. The number of nitrogens with one attached hydrogen (secondary N) is 2. The van der Waals surface area contributed by atoms with Crippen molar-refractivity contribution in [2.45, 2.75) is 42.4 Å². The van der Waals surface area contributed by atoms with Gasteiger partial charge in [0.05, 0.1) is 22.8 Å². The first-order chi connectivity index (χ1) is 16.0. The first kappa shape index (κ1) is 25.7. The lowest BCUT2D eigenvalue weighted by Crippen LogP contribution is -2.49. The normalized spacial score (nSPS) is 21.0. The number of rotatable bonds is 7. The molecule has 2 aromatic carbocycles. The molecule has 1 saturated carbocycles. The number of hydrogen-bond donors (Lipinski definition) is 3. The third kappa shape index (κ3) is 6.80. The summed E-state index contributed by atoms with van der Waals surface area (Å²) < 4.78 is 63.9. The molecule has 0 bridgehead atoms. The minimum Gasteiger partial charge on any atom is -0.352 e. The van der Waals surface area contributed by atoms with Gasteiger partial charge in [0.2, 0.25) is 5.91 Å². The van der Waals surface area contributed by atoms with Gasteiger partial charge in [0.1, 0.15) is 0 Å². The molecule has 11 heteroatoms. The molecule has 0 aliphatic heterocycles. The molecular weight excluding hydrogens is 471 g/mol. The summed E-state index contributed by atoms with van der Waals surface area (Å²) in [7, 11) is -3.54. The fraction of sp³-hybridized carbons (Fsp3) is 0.391. The fourth-order valence-electron chi connectivity index (χ4n) is 3.99. The first-order valence-corrected chi connectivity index (χ1v) is 12.4. The van der Waals surface area contributed by atoms with Crippen LogP contribution in [0.25, 0.3) is 0 Å². The molecule has 3 rings (SSSR count). The molecule has 2 amide bonds. The summed E-state index contributed by atoms with van der Waals surface area (Å²) in [5.41, 5.74) is 4.98. The van der Waals surface area contributed by atoms with Crippen LogP contribution in [0.4, 0.5) is 13.2 Å². The molecule has 3 atom stereocenters. The van der Waals surface area contributed by atoms with Crippen LogP contribution in [0.2, 0.25) is 0 Å². The zero-order valence-electron chi connectivity index (χ0n) is 18.2. The van der Waals surface area contributed by atoms with Crippen molar-refractivity contribution in [2.75, 3.05) is 12.3 Å². The van der Waals surface area contributed by atoms with E-state index in [-0.39, 0.29) is 34.2 Å². The molecular formula is C23H26F3N3O4S. The molecule has 0 unspecified atom stereocenters. The number of hydrogen-bond acceptors (Lipinski definition) is 5. The molecule has 1 aliphatic rings. The van der Waals surface area contributed by atoms with E-state index >= 15 is 0 Å². The van der Waals surface area contributed by atoms with Gasteiger partial charge in [0, 0.05) is 17.6 Å². The predicted molar refractivity (Wildman–Crippen MR) is 120 cm³/mol. The molecule has 0 radical (unpaired) electrons. The van der Waals surface area contributed by atoms with Gasteiger partial charge in [-0.1, -0.05) is 24.3 Å². The van der Waals surface area contributed by atoms with Gasteiger partial charge in [0.25, 0.3) is 5.91 Å². The molecule has 2 aromatic rings. The van der Waals surface area contributed by atoms with Crippen molar-refractivity contribution in [3.63, 3.8) is 0 Å². The van der Waals surface area contributed by atoms with E-state index in [4.69, 9.17) is 5.73 Å². The van der Waals surface area contributed by atoms with E-state index in [2.05, 4.69) is 10.6 Å². The Labute approximate surface area is 195 Å². The lowest BCUT2D eigenvalue weighted by Gasteiger charge is -2.34. The van der Waals surface area contributed by atoms with Crippen LogP contribution in [0, 0.1) is 5.92 Å². The van der Waals surface area contributed by atoms with Crippen LogP contribution in [0.1, 0.15) is 35.2 Å². The summed E-state index contributed by atoms with van der Waals surface area (Å²) in [6.07, 6.45) is -3.15. The summed E-state index contributed by atoms with van der Waals surface area (Å²) in [5, 5.41) is 5.06. The van der Waals surface area contributed by atoms with Crippen molar-refractivity contribution in [1.82, 2.24) is 10.6 Å². The summed E-state index contributed by atoms with van der Waals surface area (Å²) in [6, 6.07) is 11.3. The third-order valence-corrected chi connectivity index (χ3v) is 7.66. The number of carbonyl (C=O) groups is 2. The Morgan fingerprint density at radius 2 is 1.74 bits per heavy atom. The smallest absolute Gasteiger partial charge is 0.352 e. The van der Waals surface area contributed by atoms with Gasteiger partial charge in [0.15, 0.2) is 9.84 Å². The van der Waals surface area contributed by atoms with Crippen LogP contribution in [0.15, 0.2) is 59.5 Å². The van der Waals surface area contributed by atoms with Crippen LogP contribution < -0.4 is 16.4 Å². The van der Waals surface area contributed by atoms with Gasteiger partial charge in [-0.2, -0.15) is 13.2 Å². The maximum Gasteiger partial charge on any atom is 0.416 e. The standard InChI is InChI=1S/C23H26F3N3O4S/c24-23(25,26)17-6-4-5-15(11-17)22(31)28-13-21(30)29-18-9-10-20(27)16(12-18)14-34(32,33)19-7-2-1-3-8-19/h1-8,11,16,18,20H,9-10,12-14,27H2,(H,28,31)(H,29,30)/t16-,18+,20-/m0/s1. The maximum atomic E-state index is 12.8. The molecule has 34 heavy (non-hydrogen) atoms. The molecule has 0 saturated heterocycles. The van der Waals surface area contributed by atoms with Gasteiger partial charge in [-0.3, -0.25) is 9.59 Å². The van der Waals surface area contributed by atoms with Crippen molar-refractivity contribution in [3.8, 4) is 0 Å². The number of halogens is 3. The van der Waals surface area contributed by atoms with Crippen molar-refractivity contribution in [3.05, 3.63) is 65.7 Å². The van der Waals surface area contributed by atoms with Gasteiger partial charge in [-0.05, 0) is 55.5 Å². The molecule has 0 aromatic heterocycles. The SMILES string of the molecule is N[C@H]1CC[C@@H](NC(=O)CNC(=O)c2cccc(C(F)(F)F)c2)C[C@H]1CS(=O)(=O)c1ccccc1. The largest absolute Gasteiger partial charge is 0.416 e. The minimum absolute atomic E-state index is 0.142. The Morgan fingerprint density at radius 3 is 2.41 bits per heavy atom. The van der Waals surface area contributed by atoms with Gasteiger partial charge in [-0.25, -0.2) is 8.42 Å². The molecule has 7 nitrogen and oxygen atoms in total. The number of sulfone groups is 1. The average molecular weight is 498 g/mol. The Kier molecular flexibility index (Phi) is 7.98. The summed E-state index contributed by atoms with van der Waals surface area (Å²) in [5.74, 6) is -1.83. The Hall–Kier alpha value is -2.92. The highest BCUT2D eigenvalue weighted by molar-refractivity contribution is 7.91. The third-order valence-electron chi connectivity index (χ3n) is 5.80. The highest BCUT2D eigenvalue weighted by atomic mass is 32.2. The quantitative estimate of drug-likeness (QED) is 0.543. The van der Waals surface area contributed by atoms with Crippen molar-refractivity contribution >= 4 is 21.7 Å². The monoisotopic (exact) mass is 497 g/mol.